The van der Waals surface area contributed by atoms with Crippen LogP contribution in [0.25, 0.3) is 22.0 Å². The van der Waals surface area contributed by atoms with Gasteiger partial charge in [0.15, 0.2) is 0 Å². The van der Waals surface area contributed by atoms with Crippen molar-refractivity contribution in [1.82, 2.24) is 10.2 Å². The number of nitrogens with one attached hydrogen (secondary N) is 1. The molecule has 2 aromatic carbocycles. The Morgan fingerprint density at radius 2 is 1.96 bits per heavy atom. The van der Waals surface area contributed by atoms with Crippen molar-refractivity contribution < 1.29 is 14.3 Å². The number of aryl methyl sites for hydroxylation is 1. The Balaban J connectivity index is 1.92. The smallest absolute Gasteiger partial charge is 0.305 e. The fourth-order valence-electron chi connectivity index (χ4n) is 3.27. The second-order valence-electron chi connectivity index (χ2n) is 7.07. The molecule has 0 amide bonds. The fraction of sp³-hybridized carbons (Fsp3) is 0.391. The first-order valence-electron chi connectivity index (χ1n) is 9.90. The Bertz CT molecular complexity index is 928. The molecule has 0 aliphatic heterocycles. The summed E-state index contributed by atoms with van der Waals surface area (Å²) >= 11 is 0. The van der Waals surface area contributed by atoms with Gasteiger partial charge in [-0.2, -0.15) is 5.10 Å². The van der Waals surface area contributed by atoms with E-state index >= 15 is 0 Å². The zero-order chi connectivity index (χ0) is 19.9. The molecule has 148 valence electrons. The summed E-state index contributed by atoms with van der Waals surface area (Å²) in [7, 11) is 1.42. The first kappa shape index (κ1) is 19.9. The van der Waals surface area contributed by atoms with Gasteiger partial charge in [-0.25, -0.2) is 0 Å². The molecule has 5 nitrogen and oxygen atoms in total. The molecule has 1 N–H and O–H groups in total. The summed E-state index contributed by atoms with van der Waals surface area (Å²) in [4.78, 5) is 11.5. The number of hydrogen-bond acceptors (Lipinski definition) is 4. The maximum absolute atomic E-state index is 11.5. The van der Waals surface area contributed by atoms with E-state index in [1.165, 1.54) is 7.11 Å². The van der Waals surface area contributed by atoms with Crippen molar-refractivity contribution in [2.24, 2.45) is 5.92 Å². The number of carbonyl (C=O) groups excluding carboxylic acids is 1. The summed E-state index contributed by atoms with van der Waals surface area (Å²) in [5.74, 6) is 1.22. The lowest BCUT2D eigenvalue weighted by Crippen LogP contribution is -2.10. The van der Waals surface area contributed by atoms with Crippen LogP contribution in [-0.2, 0) is 16.0 Å². The molecule has 3 rings (SSSR count). The number of methoxy groups -OCH3 is 1. The molecule has 5 heteroatoms. The SMILES string of the molecule is CCC(CC)COc1ccc(CCC(=O)OC)cc1-c1ccc2[nH]ncc2c1. The number of ether oxygens (including phenoxy) is 2. The van der Waals surface area contributed by atoms with Gasteiger partial charge in [0.05, 0.1) is 25.4 Å². The maximum Gasteiger partial charge on any atom is 0.305 e. The maximum atomic E-state index is 11.5. The number of hydrogen-bond donors (Lipinski definition) is 1. The molecule has 0 saturated carbocycles. The van der Waals surface area contributed by atoms with E-state index in [2.05, 4.69) is 42.2 Å². The van der Waals surface area contributed by atoms with Crippen LogP contribution < -0.4 is 4.74 Å². The van der Waals surface area contributed by atoms with Crippen molar-refractivity contribution in [3.63, 3.8) is 0 Å². The molecule has 0 aliphatic rings. The van der Waals surface area contributed by atoms with Gasteiger partial charge in [-0.15, -0.1) is 0 Å². The first-order valence-corrected chi connectivity index (χ1v) is 9.90. The van der Waals surface area contributed by atoms with Gasteiger partial charge in [0.2, 0.25) is 0 Å². The highest BCUT2D eigenvalue weighted by Crippen LogP contribution is 2.33. The van der Waals surface area contributed by atoms with Crippen LogP contribution in [0, 0.1) is 5.92 Å². The monoisotopic (exact) mass is 380 g/mol. The molecule has 0 unspecified atom stereocenters. The Kier molecular flexibility index (Phi) is 6.69. The second-order valence-corrected chi connectivity index (χ2v) is 7.07. The zero-order valence-electron chi connectivity index (χ0n) is 16.8. The number of esters is 1. The number of rotatable bonds is 9. The number of fused-ring (bicyclic) bond motifs is 1. The van der Waals surface area contributed by atoms with Crippen molar-refractivity contribution in [2.45, 2.75) is 39.5 Å². The minimum atomic E-state index is -0.199. The van der Waals surface area contributed by atoms with Gasteiger partial charge in [0, 0.05) is 17.4 Å². The molecular weight excluding hydrogens is 352 g/mol. The quantitative estimate of drug-likeness (QED) is 0.521. The predicted octanol–water partition coefficient (Wildman–Crippen LogP) is 5.15. The topological polar surface area (TPSA) is 64.2 Å². The van der Waals surface area contributed by atoms with Crippen LogP contribution >= 0.6 is 0 Å². The van der Waals surface area contributed by atoms with Crippen molar-refractivity contribution in [3.05, 3.63) is 48.2 Å². The largest absolute Gasteiger partial charge is 0.493 e. The molecule has 1 aromatic heterocycles. The van der Waals surface area contributed by atoms with Crippen molar-refractivity contribution in [2.75, 3.05) is 13.7 Å². The summed E-state index contributed by atoms with van der Waals surface area (Å²) in [6.07, 6.45) is 5.03. The molecule has 0 atom stereocenters. The standard InChI is InChI=1S/C23H28N2O3/c1-4-16(5-2)15-28-22-10-6-17(7-11-23(26)27-3)12-20(22)18-8-9-21-19(13-18)14-24-25-21/h6,8-10,12-14,16H,4-5,7,11,15H2,1-3H3,(H,24,25). The lowest BCUT2D eigenvalue weighted by Gasteiger charge is -2.17. The van der Waals surface area contributed by atoms with Crippen molar-refractivity contribution in [1.29, 1.82) is 0 Å². The highest BCUT2D eigenvalue weighted by Gasteiger charge is 2.12. The normalized spacial score (nSPS) is 11.1. The van der Waals surface area contributed by atoms with Gasteiger partial charge in [-0.1, -0.05) is 38.8 Å². The van der Waals surface area contributed by atoms with Crippen LogP contribution in [0.3, 0.4) is 0 Å². The number of benzene rings is 2. The van der Waals surface area contributed by atoms with E-state index in [4.69, 9.17) is 9.47 Å². The lowest BCUT2D eigenvalue weighted by atomic mass is 9.98. The van der Waals surface area contributed by atoms with E-state index in [0.717, 1.165) is 46.2 Å². The molecule has 0 radical (unpaired) electrons. The fourth-order valence-corrected chi connectivity index (χ4v) is 3.27. The number of aromatic nitrogens is 2. The predicted molar refractivity (Wildman–Crippen MR) is 111 cm³/mol. The lowest BCUT2D eigenvalue weighted by molar-refractivity contribution is -0.140. The van der Waals surface area contributed by atoms with Gasteiger partial charge in [0.1, 0.15) is 5.75 Å². The average Bonchev–Trinajstić information content (AvgIpc) is 3.21. The van der Waals surface area contributed by atoms with Crippen LogP contribution in [0.5, 0.6) is 5.75 Å². The molecule has 0 aliphatic carbocycles. The Labute approximate surface area is 166 Å². The van der Waals surface area contributed by atoms with Crippen LogP contribution in [-0.4, -0.2) is 29.9 Å². The third kappa shape index (κ3) is 4.71. The summed E-state index contributed by atoms with van der Waals surface area (Å²) < 4.78 is 11.0. The third-order valence-electron chi connectivity index (χ3n) is 5.27. The molecule has 1 heterocycles. The van der Waals surface area contributed by atoms with E-state index in [9.17, 15) is 4.79 Å². The van der Waals surface area contributed by atoms with Crippen LogP contribution in [0.1, 0.15) is 38.7 Å². The molecule has 0 fully saturated rings. The number of nitrogens with zero attached hydrogens (tertiary/aromatic N) is 1. The first-order chi connectivity index (χ1) is 13.6. The van der Waals surface area contributed by atoms with Gasteiger partial charge < -0.3 is 9.47 Å². The summed E-state index contributed by atoms with van der Waals surface area (Å²) in [6, 6.07) is 12.4. The Hall–Kier alpha value is -2.82. The molecule has 3 aromatic rings. The Morgan fingerprint density at radius 1 is 1.14 bits per heavy atom. The number of carbonyl (C=O) groups is 1. The number of H-pyrrole nitrogens is 1. The van der Waals surface area contributed by atoms with Crippen LogP contribution in [0.2, 0.25) is 0 Å². The van der Waals surface area contributed by atoms with E-state index in [1.807, 2.05) is 24.4 Å². The highest BCUT2D eigenvalue weighted by molar-refractivity contribution is 5.85. The molecule has 0 spiro atoms. The van der Waals surface area contributed by atoms with Crippen LogP contribution in [0.15, 0.2) is 42.6 Å². The van der Waals surface area contributed by atoms with E-state index in [-0.39, 0.29) is 5.97 Å². The minimum Gasteiger partial charge on any atom is -0.493 e. The molecular formula is C23H28N2O3. The highest BCUT2D eigenvalue weighted by atomic mass is 16.5. The Morgan fingerprint density at radius 3 is 2.71 bits per heavy atom. The summed E-state index contributed by atoms with van der Waals surface area (Å²) in [5, 5.41) is 8.15. The van der Waals surface area contributed by atoms with Gasteiger partial charge in [-0.05, 0) is 47.7 Å². The average molecular weight is 380 g/mol. The summed E-state index contributed by atoms with van der Waals surface area (Å²) in [6.45, 7) is 5.10. The summed E-state index contributed by atoms with van der Waals surface area (Å²) in [5.41, 5.74) is 4.21. The van der Waals surface area contributed by atoms with Gasteiger partial charge in [-0.3, -0.25) is 9.89 Å². The van der Waals surface area contributed by atoms with E-state index < -0.39 is 0 Å². The molecule has 28 heavy (non-hydrogen) atoms. The molecule has 0 saturated heterocycles. The zero-order valence-corrected chi connectivity index (χ0v) is 16.8. The minimum absolute atomic E-state index is 0.199. The van der Waals surface area contributed by atoms with Gasteiger partial charge >= 0.3 is 5.97 Å². The van der Waals surface area contributed by atoms with Crippen LogP contribution in [0.4, 0.5) is 0 Å². The number of aromatic amines is 1. The molecule has 0 bridgehead atoms. The van der Waals surface area contributed by atoms with Gasteiger partial charge in [0.25, 0.3) is 0 Å². The van der Waals surface area contributed by atoms with E-state index in [0.29, 0.717) is 25.4 Å². The van der Waals surface area contributed by atoms with E-state index in [1.54, 1.807) is 0 Å². The third-order valence-corrected chi connectivity index (χ3v) is 5.27. The van der Waals surface area contributed by atoms with Crippen molar-refractivity contribution in [3.8, 4) is 16.9 Å². The second kappa shape index (κ2) is 9.40. The van der Waals surface area contributed by atoms with Crippen molar-refractivity contribution >= 4 is 16.9 Å².